The molecule has 19 heavy (non-hydrogen) atoms. The Balaban J connectivity index is 1.78. The SMILES string of the molecule is C=S(Cc1ccc2n(c1=O)CC2)C1=NOC(C)(C)C1. The fourth-order valence-electron chi connectivity index (χ4n) is 2.34. The summed E-state index contributed by atoms with van der Waals surface area (Å²) in [6.45, 7) is 4.88. The molecule has 2 aliphatic heterocycles. The number of pyridine rings is 1. The second-order valence-electron chi connectivity index (χ2n) is 5.71. The number of nitrogens with zero attached hydrogens (tertiary/aromatic N) is 2. The van der Waals surface area contributed by atoms with E-state index >= 15 is 0 Å². The first-order valence-corrected chi connectivity index (χ1v) is 8.00. The van der Waals surface area contributed by atoms with Crippen LogP contribution in [-0.4, -0.2) is 21.1 Å². The topological polar surface area (TPSA) is 43.6 Å². The molecule has 0 bridgehead atoms. The quantitative estimate of drug-likeness (QED) is 0.778. The van der Waals surface area contributed by atoms with Gasteiger partial charge in [-0.05, 0) is 19.9 Å². The first-order valence-electron chi connectivity index (χ1n) is 6.43. The summed E-state index contributed by atoms with van der Waals surface area (Å²) in [5.74, 6) is 4.83. The van der Waals surface area contributed by atoms with Crippen molar-refractivity contribution in [2.24, 2.45) is 5.16 Å². The van der Waals surface area contributed by atoms with Gasteiger partial charge in [-0.25, -0.2) is 0 Å². The zero-order chi connectivity index (χ0) is 13.6. The van der Waals surface area contributed by atoms with Gasteiger partial charge in [-0.1, -0.05) is 17.1 Å². The lowest BCUT2D eigenvalue weighted by Crippen LogP contribution is -2.34. The normalized spacial score (nSPS) is 21.1. The van der Waals surface area contributed by atoms with Crippen LogP contribution in [0.5, 0.6) is 0 Å². The lowest BCUT2D eigenvalue weighted by Gasteiger charge is -2.22. The molecule has 4 nitrogen and oxygen atoms in total. The Morgan fingerprint density at radius 1 is 1.53 bits per heavy atom. The lowest BCUT2D eigenvalue weighted by atomic mass is 10.1. The minimum atomic E-state index is -0.282. The van der Waals surface area contributed by atoms with Crippen LogP contribution < -0.4 is 5.56 Å². The number of rotatable bonds is 2. The van der Waals surface area contributed by atoms with Crippen LogP contribution in [0.15, 0.2) is 22.1 Å². The summed E-state index contributed by atoms with van der Waals surface area (Å²) in [5.41, 5.74) is 1.89. The molecule has 2 aliphatic rings. The van der Waals surface area contributed by atoms with E-state index in [1.54, 1.807) is 0 Å². The number of aryl methyl sites for hydroxylation is 1. The van der Waals surface area contributed by atoms with Gasteiger partial charge in [0.05, 0.1) is 0 Å². The highest BCUT2D eigenvalue weighted by Crippen LogP contribution is 2.32. The lowest BCUT2D eigenvalue weighted by molar-refractivity contribution is 0.0123. The van der Waals surface area contributed by atoms with E-state index in [4.69, 9.17) is 4.84 Å². The minimum absolute atomic E-state index is 0.142. The standard InChI is InChI=1S/C14H18N2O2S/c1-14(2)8-12(15-18-14)19(3)9-10-4-5-11-6-7-16(11)13(10)17/h4-5H,3,6-9H2,1-2H3. The van der Waals surface area contributed by atoms with Crippen molar-refractivity contribution in [2.75, 3.05) is 0 Å². The maximum atomic E-state index is 12.2. The third-order valence-corrected chi connectivity index (χ3v) is 5.11. The minimum Gasteiger partial charge on any atom is -0.389 e. The van der Waals surface area contributed by atoms with Gasteiger partial charge in [-0.15, -0.1) is 10.5 Å². The first kappa shape index (κ1) is 12.7. The van der Waals surface area contributed by atoms with E-state index in [1.165, 1.54) is 0 Å². The van der Waals surface area contributed by atoms with Crippen LogP contribution in [-0.2, 0) is 23.6 Å². The highest BCUT2D eigenvalue weighted by molar-refractivity contribution is 8.26. The van der Waals surface area contributed by atoms with E-state index in [1.807, 2.05) is 30.5 Å². The fourth-order valence-corrected chi connectivity index (χ4v) is 3.79. The second kappa shape index (κ2) is 4.34. The van der Waals surface area contributed by atoms with Crippen LogP contribution >= 0.6 is 10.5 Å². The Labute approximate surface area is 115 Å². The van der Waals surface area contributed by atoms with Crippen molar-refractivity contribution in [2.45, 2.75) is 44.6 Å². The molecule has 0 aliphatic carbocycles. The predicted molar refractivity (Wildman–Crippen MR) is 80.0 cm³/mol. The summed E-state index contributed by atoms with van der Waals surface area (Å²) in [6, 6.07) is 3.99. The summed E-state index contributed by atoms with van der Waals surface area (Å²) in [7, 11) is -0.282. The molecule has 3 heterocycles. The number of hydrogen-bond acceptors (Lipinski definition) is 3. The summed E-state index contributed by atoms with van der Waals surface area (Å²) in [6.07, 6.45) is 1.81. The molecule has 5 heteroatoms. The Bertz CT molecular complexity index is 643. The molecule has 1 aromatic heterocycles. The van der Waals surface area contributed by atoms with E-state index < -0.39 is 0 Å². The van der Waals surface area contributed by atoms with Crippen molar-refractivity contribution in [3.8, 4) is 0 Å². The molecular weight excluding hydrogens is 260 g/mol. The van der Waals surface area contributed by atoms with Crippen molar-refractivity contribution in [3.05, 3.63) is 33.7 Å². The highest BCUT2D eigenvalue weighted by atomic mass is 32.2. The summed E-state index contributed by atoms with van der Waals surface area (Å²) in [4.78, 5) is 17.6. The molecule has 1 aromatic rings. The molecule has 3 rings (SSSR count). The van der Waals surface area contributed by atoms with Gasteiger partial charge in [-0.2, -0.15) is 0 Å². The number of aromatic nitrogens is 1. The van der Waals surface area contributed by atoms with Crippen molar-refractivity contribution in [1.82, 2.24) is 4.57 Å². The van der Waals surface area contributed by atoms with Gasteiger partial charge >= 0.3 is 0 Å². The Morgan fingerprint density at radius 2 is 2.32 bits per heavy atom. The van der Waals surface area contributed by atoms with Crippen LogP contribution in [0.2, 0.25) is 0 Å². The van der Waals surface area contributed by atoms with E-state index in [9.17, 15) is 4.79 Å². The van der Waals surface area contributed by atoms with Crippen molar-refractivity contribution >= 4 is 21.4 Å². The van der Waals surface area contributed by atoms with E-state index in [2.05, 4.69) is 11.0 Å². The zero-order valence-corrected chi connectivity index (χ0v) is 12.1. The summed E-state index contributed by atoms with van der Waals surface area (Å²) < 4.78 is 1.85. The molecule has 0 aromatic carbocycles. The highest BCUT2D eigenvalue weighted by Gasteiger charge is 2.30. The number of fused-ring (bicyclic) bond motifs is 1. The van der Waals surface area contributed by atoms with E-state index in [0.717, 1.165) is 35.7 Å². The molecular formula is C14H18N2O2S. The molecule has 0 fully saturated rings. The average Bonchev–Trinajstić information content (AvgIpc) is 2.65. The number of oxime groups is 1. The summed E-state index contributed by atoms with van der Waals surface area (Å²) in [5, 5.41) is 5.11. The van der Waals surface area contributed by atoms with Crippen LogP contribution in [0.4, 0.5) is 0 Å². The van der Waals surface area contributed by atoms with Gasteiger partial charge in [-0.3, -0.25) is 4.79 Å². The van der Waals surface area contributed by atoms with Gasteiger partial charge in [0.25, 0.3) is 5.56 Å². The van der Waals surface area contributed by atoms with E-state index in [0.29, 0.717) is 5.75 Å². The number of hydrogen-bond donors (Lipinski definition) is 0. The molecule has 0 spiro atoms. The second-order valence-corrected chi connectivity index (χ2v) is 7.45. The van der Waals surface area contributed by atoms with Crippen LogP contribution in [0.1, 0.15) is 31.5 Å². The predicted octanol–water partition coefficient (Wildman–Crippen LogP) is 2.12. The largest absolute Gasteiger partial charge is 0.389 e. The average molecular weight is 278 g/mol. The van der Waals surface area contributed by atoms with Crippen LogP contribution in [0.3, 0.4) is 0 Å². The van der Waals surface area contributed by atoms with E-state index in [-0.39, 0.29) is 21.6 Å². The molecule has 0 saturated heterocycles. The van der Waals surface area contributed by atoms with Gasteiger partial charge in [0, 0.05) is 36.4 Å². The molecule has 0 N–H and O–H groups in total. The van der Waals surface area contributed by atoms with Gasteiger partial charge in [0.1, 0.15) is 10.6 Å². The first-order chi connectivity index (χ1) is 8.96. The van der Waals surface area contributed by atoms with Crippen molar-refractivity contribution in [3.63, 3.8) is 0 Å². The Hall–Kier alpha value is -1.36. The monoisotopic (exact) mass is 278 g/mol. The molecule has 1 unspecified atom stereocenters. The van der Waals surface area contributed by atoms with Gasteiger partial charge in [0.15, 0.2) is 0 Å². The molecule has 0 saturated carbocycles. The smallest absolute Gasteiger partial charge is 0.254 e. The molecule has 0 amide bonds. The van der Waals surface area contributed by atoms with Crippen molar-refractivity contribution in [1.29, 1.82) is 0 Å². The maximum Gasteiger partial charge on any atom is 0.254 e. The fraction of sp³-hybridized carbons (Fsp3) is 0.500. The van der Waals surface area contributed by atoms with Crippen LogP contribution in [0, 0.1) is 0 Å². The zero-order valence-electron chi connectivity index (χ0n) is 11.3. The van der Waals surface area contributed by atoms with Gasteiger partial charge in [0.2, 0.25) is 0 Å². The Morgan fingerprint density at radius 3 is 2.89 bits per heavy atom. The maximum absolute atomic E-state index is 12.2. The Kier molecular flexibility index (Phi) is 2.89. The molecule has 1 atom stereocenters. The third-order valence-electron chi connectivity index (χ3n) is 3.57. The summed E-state index contributed by atoms with van der Waals surface area (Å²) >= 11 is 0. The molecule has 0 radical (unpaired) electrons. The third kappa shape index (κ3) is 2.27. The van der Waals surface area contributed by atoms with Crippen molar-refractivity contribution < 1.29 is 4.84 Å². The molecule has 102 valence electrons. The van der Waals surface area contributed by atoms with Crippen LogP contribution in [0.25, 0.3) is 0 Å². The van der Waals surface area contributed by atoms with Gasteiger partial charge < -0.3 is 9.40 Å².